The van der Waals surface area contributed by atoms with Crippen LogP contribution in [0.15, 0.2) is 47.0 Å². The highest BCUT2D eigenvalue weighted by atomic mass is 16.5. The smallest absolute Gasteiger partial charge is 0.227 e. The van der Waals surface area contributed by atoms with Crippen molar-refractivity contribution < 1.29 is 28.3 Å². The number of para-hydroxylation sites is 1. The quantitative estimate of drug-likeness (QED) is 0.427. The van der Waals surface area contributed by atoms with E-state index < -0.39 is 0 Å². The van der Waals surface area contributed by atoms with Crippen LogP contribution in [0.25, 0.3) is 11.4 Å². The fourth-order valence-corrected chi connectivity index (χ4v) is 6.02. The Morgan fingerprint density at radius 2 is 1.86 bits per heavy atom. The van der Waals surface area contributed by atoms with Crippen molar-refractivity contribution in [3.05, 3.63) is 53.9 Å². The molecular weight excluding hydrogens is 548 g/mol. The highest BCUT2D eigenvalue weighted by Crippen LogP contribution is 2.37. The molecule has 1 saturated heterocycles. The molecule has 230 valence electrons. The van der Waals surface area contributed by atoms with Crippen LogP contribution in [-0.2, 0) is 22.4 Å². The number of carbonyl (C=O) groups excluding carboxylic acids is 2. The zero-order valence-corrected chi connectivity index (χ0v) is 25.2. The van der Waals surface area contributed by atoms with E-state index in [9.17, 15) is 9.59 Å². The summed E-state index contributed by atoms with van der Waals surface area (Å²) >= 11 is 0. The molecule has 2 aliphatic heterocycles. The van der Waals surface area contributed by atoms with Crippen LogP contribution in [0.1, 0.15) is 62.8 Å². The number of piperidine rings is 1. The molecule has 2 aliphatic rings. The molecule has 0 radical (unpaired) electrons. The molecule has 0 unspecified atom stereocenters. The van der Waals surface area contributed by atoms with Crippen molar-refractivity contribution in [2.75, 3.05) is 40.5 Å². The molecule has 2 amide bonds. The summed E-state index contributed by atoms with van der Waals surface area (Å²) in [4.78, 5) is 32.2. The molecule has 43 heavy (non-hydrogen) atoms. The molecular formula is C33H42N4O6. The van der Waals surface area contributed by atoms with Gasteiger partial charge in [-0.1, -0.05) is 29.8 Å². The molecule has 10 heteroatoms. The van der Waals surface area contributed by atoms with Crippen molar-refractivity contribution in [2.45, 2.75) is 64.2 Å². The van der Waals surface area contributed by atoms with Crippen LogP contribution in [0.2, 0.25) is 0 Å². The molecule has 1 spiro atoms. The topological polar surface area (TPSA) is 116 Å². The summed E-state index contributed by atoms with van der Waals surface area (Å²) in [5.74, 6) is 3.15. The van der Waals surface area contributed by atoms with Crippen LogP contribution >= 0.6 is 0 Å². The van der Waals surface area contributed by atoms with E-state index in [0.29, 0.717) is 80.7 Å². The average molecular weight is 591 g/mol. The first-order chi connectivity index (χ1) is 21.0. The van der Waals surface area contributed by atoms with Crippen LogP contribution in [-0.4, -0.2) is 67.3 Å². The van der Waals surface area contributed by atoms with Gasteiger partial charge in [0.1, 0.15) is 17.2 Å². The number of fused-ring (bicyclic) bond motifs is 1. The first-order valence-corrected chi connectivity index (χ1v) is 15.3. The monoisotopic (exact) mass is 590 g/mol. The number of methoxy groups -OCH3 is 2. The van der Waals surface area contributed by atoms with Crippen molar-refractivity contribution in [1.82, 2.24) is 20.4 Å². The average Bonchev–Trinajstić information content (AvgIpc) is 3.52. The SMILES string of the molecule is COc1ccc(-c2noc(CCC(=O)N3CCC4(CCCCc5ccccc5OCCCC(=O)NC4)CC3)n2)c(OC)c1. The number of ether oxygens (including phenoxy) is 3. The van der Waals surface area contributed by atoms with Gasteiger partial charge in [-0.05, 0) is 67.7 Å². The highest BCUT2D eigenvalue weighted by molar-refractivity contribution is 5.77. The lowest BCUT2D eigenvalue weighted by molar-refractivity contribution is -0.134. The lowest BCUT2D eigenvalue weighted by Crippen LogP contribution is -2.48. The van der Waals surface area contributed by atoms with Gasteiger partial charge < -0.3 is 29.0 Å². The van der Waals surface area contributed by atoms with Gasteiger partial charge in [-0.2, -0.15) is 4.98 Å². The number of aryl methyl sites for hydroxylation is 2. The Morgan fingerprint density at radius 3 is 2.67 bits per heavy atom. The number of nitrogens with one attached hydrogen (secondary N) is 1. The van der Waals surface area contributed by atoms with E-state index in [1.165, 1.54) is 5.56 Å². The lowest BCUT2D eigenvalue weighted by atomic mass is 9.74. The van der Waals surface area contributed by atoms with E-state index in [1.54, 1.807) is 20.3 Å². The Balaban J connectivity index is 1.15. The molecule has 0 saturated carbocycles. The number of nitrogens with zero attached hydrogens (tertiary/aromatic N) is 3. The van der Waals surface area contributed by atoms with E-state index in [2.05, 4.69) is 27.6 Å². The zero-order chi connectivity index (χ0) is 30.1. The second-order valence-corrected chi connectivity index (χ2v) is 11.5. The predicted octanol–water partition coefficient (Wildman–Crippen LogP) is 5.00. The number of rotatable bonds is 6. The standard InChI is InChI=1S/C33H42N4O6/c1-40-25-12-13-26(28(22-25)41-2)32-35-30(43-36-32)14-15-31(39)37-19-17-33(18-20-37)16-6-5-9-24-8-3-4-10-27(24)42-21-7-11-29(38)34-23-33/h3-4,8,10,12-13,22H,5-7,9,11,14-21,23H2,1-2H3,(H,34,38). The predicted molar refractivity (Wildman–Crippen MR) is 161 cm³/mol. The van der Waals surface area contributed by atoms with Gasteiger partial charge in [-0.15, -0.1) is 0 Å². The first kappa shape index (κ1) is 30.4. The summed E-state index contributed by atoms with van der Waals surface area (Å²) in [6, 6.07) is 13.6. The minimum absolute atomic E-state index is 0.00534. The van der Waals surface area contributed by atoms with E-state index in [4.69, 9.17) is 18.7 Å². The van der Waals surface area contributed by atoms with Crippen LogP contribution in [0, 0.1) is 5.41 Å². The molecule has 0 atom stereocenters. The molecule has 1 N–H and O–H groups in total. The van der Waals surface area contributed by atoms with Crippen molar-refractivity contribution in [1.29, 1.82) is 0 Å². The van der Waals surface area contributed by atoms with Gasteiger partial charge in [0.25, 0.3) is 0 Å². The minimum Gasteiger partial charge on any atom is -0.497 e. The number of benzene rings is 2. The summed E-state index contributed by atoms with van der Waals surface area (Å²) in [5.41, 5.74) is 1.93. The van der Waals surface area contributed by atoms with Gasteiger partial charge in [0.2, 0.25) is 23.5 Å². The minimum atomic E-state index is 0.00534. The molecule has 2 aromatic carbocycles. The second-order valence-electron chi connectivity index (χ2n) is 11.5. The fourth-order valence-electron chi connectivity index (χ4n) is 6.02. The van der Waals surface area contributed by atoms with Gasteiger partial charge in [-0.25, -0.2) is 0 Å². The maximum absolute atomic E-state index is 13.2. The van der Waals surface area contributed by atoms with Crippen LogP contribution in [0.5, 0.6) is 17.2 Å². The Morgan fingerprint density at radius 1 is 1.02 bits per heavy atom. The van der Waals surface area contributed by atoms with Crippen LogP contribution in [0.3, 0.4) is 0 Å². The van der Waals surface area contributed by atoms with E-state index in [1.807, 2.05) is 29.2 Å². The Labute approximate surface area is 253 Å². The molecule has 3 heterocycles. The van der Waals surface area contributed by atoms with Crippen LogP contribution in [0.4, 0.5) is 0 Å². The summed E-state index contributed by atoms with van der Waals surface area (Å²) < 4.78 is 22.1. The van der Waals surface area contributed by atoms with Crippen molar-refractivity contribution in [2.24, 2.45) is 5.41 Å². The van der Waals surface area contributed by atoms with E-state index >= 15 is 0 Å². The molecule has 3 aromatic rings. The van der Waals surface area contributed by atoms with E-state index in [0.717, 1.165) is 44.3 Å². The zero-order valence-electron chi connectivity index (χ0n) is 25.2. The third-order valence-corrected chi connectivity index (χ3v) is 8.69. The van der Waals surface area contributed by atoms with Crippen molar-refractivity contribution in [3.63, 3.8) is 0 Å². The maximum atomic E-state index is 13.2. The Bertz CT molecular complexity index is 1380. The molecule has 10 nitrogen and oxygen atoms in total. The first-order valence-electron chi connectivity index (χ1n) is 15.3. The van der Waals surface area contributed by atoms with E-state index in [-0.39, 0.29) is 17.2 Å². The molecule has 1 aromatic heterocycles. The molecule has 1 fully saturated rings. The number of hydrogen-bond acceptors (Lipinski definition) is 8. The fraction of sp³-hybridized carbons (Fsp3) is 0.515. The van der Waals surface area contributed by atoms with Crippen molar-refractivity contribution in [3.8, 4) is 28.6 Å². The summed E-state index contributed by atoms with van der Waals surface area (Å²) in [7, 11) is 3.17. The Kier molecular flexibility index (Phi) is 10.2. The van der Waals surface area contributed by atoms with Gasteiger partial charge >= 0.3 is 0 Å². The molecule has 5 rings (SSSR count). The van der Waals surface area contributed by atoms with Gasteiger partial charge in [-0.3, -0.25) is 9.59 Å². The number of carbonyl (C=O) groups is 2. The normalized spacial score (nSPS) is 17.7. The number of amides is 2. The van der Waals surface area contributed by atoms with Gasteiger partial charge in [0.05, 0.1) is 26.4 Å². The highest BCUT2D eigenvalue weighted by Gasteiger charge is 2.36. The van der Waals surface area contributed by atoms with Gasteiger partial charge in [0, 0.05) is 45.0 Å². The maximum Gasteiger partial charge on any atom is 0.227 e. The number of hydrogen-bond donors (Lipinski definition) is 1. The second kappa shape index (κ2) is 14.4. The number of likely N-dealkylation sites (tertiary alicyclic amines) is 1. The Hall–Kier alpha value is -4.08. The largest absolute Gasteiger partial charge is 0.497 e. The summed E-state index contributed by atoms with van der Waals surface area (Å²) in [5, 5.41) is 7.29. The number of aromatic nitrogens is 2. The van der Waals surface area contributed by atoms with Crippen LogP contribution < -0.4 is 19.5 Å². The molecule has 0 bridgehead atoms. The van der Waals surface area contributed by atoms with Gasteiger partial charge in [0.15, 0.2) is 0 Å². The molecule has 0 aliphatic carbocycles. The lowest BCUT2D eigenvalue weighted by Gasteiger charge is -2.42. The summed E-state index contributed by atoms with van der Waals surface area (Å²) in [6.45, 7) is 2.56. The third kappa shape index (κ3) is 7.86. The third-order valence-electron chi connectivity index (χ3n) is 8.69. The van der Waals surface area contributed by atoms with Crippen molar-refractivity contribution >= 4 is 11.8 Å². The summed E-state index contributed by atoms with van der Waals surface area (Å²) in [6.07, 6.45) is 7.69.